The number of allylic oxidation sites excluding steroid dienone is 1. The standard InChI is InChI=1S/C19H14O5/c1-24-12-8-4-7-11-13(12)19(23)15-14(18(11)22)16(20)9-5-2-3-6-10(9)17(15)21/h2,4-5,7-8,20-21H,3,6H2,1H3. The van der Waals surface area contributed by atoms with Crippen LogP contribution in [-0.4, -0.2) is 28.9 Å². The van der Waals surface area contributed by atoms with E-state index in [0.717, 1.165) is 0 Å². The molecule has 0 fully saturated rings. The molecule has 2 N–H and O–H groups in total. The van der Waals surface area contributed by atoms with Crippen LogP contribution < -0.4 is 4.74 Å². The van der Waals surface area contributed by atoms with E-state index in [1.165, 1.54) is 13.2 Å². The van der Waals surface area contributed by atoms with Crippen LogP contribution in [0.5, 0.6) is 17.2 Å². The van der Waals surface area contributed by atoms with Gasteiger partial charge in [0.2, 0.25) is 5.78 Å². The zero-order valence-corrected chi connectivity index (χ0v) is 12.9. The molecule has 0 unspecified atom stereocenters. The van der Waals surface area contributed by atoms with E-state index in [0.29, 0.717) is 24.0 Å². The summed E-state index contributed by atoms with van der Waals surface area (Å²) in [4.78, 5) is 25.8. The number of fused-ring (bicyclic) bond motifs is 3. The Hall–Kier alpha value is -3.08. The second-order valence-electron chi connectivity index (χ2n) is 5.82. The van der Waals surface area contributed by atoms with Gasteiger partial charge in [-0.05, 0) is 18.9 Å². The Morgan fingerprint density at radius 1 is 1.00 bits per heavy atom. The second-order valence-corrected chi connectivity index (χ2v) is 5.82. The zero-order valence-electron chi connectivity index (χ0n) is 12.9. The summed E-state index contributed by atoms with van der Waals surface area (Å²) in [5.41, 5.74) is 0.921. The molecule has 5 heteroatoms. The van der Waals surface area contributed by atoms with Crippen molar-refractivity contribution in [1.29, 1.82) is 0 Å². The number of methoxy groups -OCH3 is 1. The number of benzene rings is 2. The molecule has 0 amide bonds. The number of ether oxygens (including phenoxy) is 1. The molecular formula is C19H14O5. The Labute approximate surface area is 137 Å². The summed E-state index contributed by atoms with van der Waals surface area (Å²) in [6.45, 7) is 0. The maximum atomic E-state index is 13.0. The minimum atomic E-state index is -0.512. The predicted molar refractivity (Wildman–Crippen MR) is 87.0 cm³/mol. The van der Waals surface area contributed by atoms with Gasteiger partial charge in [-0.15, -0.1) is 0 Å². The van der Waals surface area contributed by atoms with Crippen LogP contribution in [0.1, 0.15) is 49.4 Å². The highest BCUT2D eigenvalue weighted by molar-refractivity contribution is 6.31. The second kappa shape index (κ2) is 4.96. The summed E-state index contributed by atoms with van der Waals surface area (Å²) < 4.78 is 5.20. The molecule has 0 heterocycles. The third-order valence-electron chi connectivity index (χ3n) is 4.61. The fourth-order valence-corrected chi connectivity index (χ4v) is 3.48. The lowest BCUT2D eigenvalue weighted by Gasteiger charge is -2.25. The Bertz CT molecular complexity index is 953. The van der Waals surface area contributed by atoms with E-state index in [-0.39, 0.29) is 39.5 Å². The van der Waals surface area contributed by atoms with E-state index < -0.39 is 11.6 Å². The van der Waals surface area contributed by atoms with Gasteiger partial charge in [-0.1, -0.05) is 24.3 Å². The van der Waals surface area contributed by atoms with E-state index in [4.69, 9.17) is 4.74 Å². The fourth-order valence-electron chi connectivity index (χ4n) is 3.48. The molecule has 120 valence electrons. The first-order valence-corrected chi connectivity index (χ1v) is 7.60. The number of phenols is 2. The van der Waals surface area contributed by atoms with Crippen molar-refractivity contribution in [2.45, 2.75) is 12.8 Å². The Kier molecular flexibility index (Phi) is 3.00. The van der Waals surface area contributed by atoms with Gasteiger partial charge in [0, 0.05) is 16.7 Å². The minimum Gasteiger partial charge on any atom is -0.507 e. The first-order valence-electron chi connectivity index (χ1n) is 7.60. The van der Waals surface area contributed by atoms with Gasteiger partial charge in [-0.25, -0.2) is 0 Å². The number of phenolic OH excluding ortho intramolecular Hbond substituents is 2. The first kappa shape index (κ1) is 14.5. The van der Waals surface area contributed by atoms with Crippen LogP contribution >= 0.6 is 0 Å². The van der Waals surface area contributed by atoms with Gasteiger partial charge in [-0.3, -0.25) is 9.59 Å². The van der Waals surface area contributed by atoms with Crippen LogP contribution in [-0.2, 0) is 6.42 Å². The number of ketones is 2. The molecule has 0 radical (unpaired) electrons. The lowest BCUT2D eigenvalue weighted by atomic mass is 9.79. The number of hydrogen-bond acceptors (Lipinski definition) is 5. The molecule has 0 aliphatic heterocycles. The Morgan fingerprint density at radius 3 is 2.50 bits per heavy atom. The quantitative estimate of drug-likeness (QED) is 0.673. The van der Waals surface area contributed by atoms with E-state index in [2.05, 4.69) is 0 Å². The van der Waals surface area contributed by atoms with Crippen molar-refractivity contribution in [2.75, 3.05) is 7.11 Å². The van der Waals surface area contributed by atoms with Crippen molar-refractivity contribution in [1.82, 2.24) is 0 Å². The molecule has 2 aromatic rings. The summed E-state index contributed by atoms with van der Waals surface area (Å²) in [6, 6.07) is 4.73. The van der Waals surface area contributed by atoms with Gasteiger partial charge in [0.15, 0.2) is 5.78 Å². The highest BCUT2D eigenvalue weighted by Crippen LogP contribution is 2.46. The van der Waals surface area contributed by atoms with Crippen molar-refractivity contribution in [3.63, 3.8) is 0 Å². The topological polar surface area (TPSA) is 83.8 Å². The number of hydrogen-bond donors (Lipinski definition) is 2. The molecule has 4 rings (SSSR count). The number of rotatable bonds is 1. The van der Waals surface area contributed by atoms with E-state index in [9.17, 15) is 19.8 Å². The predicted octanol–water partition coefficient (Wildman–Crippen LogP) is 2.84. The normalized spacial score (nSPS) is 14.9. The number of carbonyl (C=O) groups excluding carboxylic acids is 2. The van der Waals surface area contributed by atoms with Crippen LogP contribution in [0.2, 0.25) is 0 Å². The van der Waals surface area contributed by atoms with Crippen LogP contribution in [0.4, 0.5) is 0 Å². The van der Waals surface area contributed by atoms with Gasteiger partial charge in [0.25, 0.3) is 0 Å². The average molecular weight is 322 g/mol. The maximum absolute atomic E-state index is 13.0. The SMILES string of the molecule is COc1cccc2c1C(=O)c1c(O)c3c(c(O)c1C2=O)C=CCC3. The Morgan fingerprint density at radius 2 is 1.75 bits per heavy atom. The van der Waals surface area contributed by atoms with E-state index in [1.807, 2.05) is 6.08 Å². The average Bonchev–Trinajstić information content (AvgIpc) is 2.62. The van der Waals surface area contributed by atoms with Crippen molar-refractivity contribution in [3.8, 4) is 17.2 Å². The summed E-state index contributed by atoms with van der Waals surface area (Å²) >= 11 is 0. The van der Waals surface area contributed by atoms with Gasteiger partial charge >= 0.3 is 0 Å². The largest absolute Gasteiger partial charge is 0.507 e. The molecule has 0 spiro atoms. The van der Waals surface area contributed by atoms with Crippen molar-refractivity contribution < 1.29 is 24.5 Å². The molecular weight excluding hydrogens is 308 g/mol. The molecule has 0 saturated heterocycles. The van der Waals surface area contributed by atoms with E-state index >= 15 is 0 Å². The van der Waals surface area contributed by atoms with Crippen LogP contribution in [0, 0.1) is 0 Å². The van der Waals surface area contributed by atoms with Gasteiger partial charge in [0.05, 0.1) is 23.8 Å². The lowest BCUT2D eigenvalue weighted by Crippen LogP contribution is -2.23. The maximum Gasteiger partial charge on any atom is 0.202 e. The van der Waals surface area contributed by atoms with Gasteiger partial charge in [-0.2, -0.15) is 0 Å². The summed E-state index contributed by atoms with van der Waals surface area (Å²) in [5, 5.41) is 21.2. The fraction of sp³-hybridized carbons (Fsp3) is 0.158. The molecule has 0 atom stereocenters. The monoisotopic (exact) mass is 322 g/mol. The molecule has 2 aromatic carbocycles. The molecule has 0 saturated carbocycles. The van der Waals surface area contributed by atoms with Crippen LogP contribution in [0.25, 0.3) is 6.08 Å². The highest BCUT2D eigenvalue weighted by Gasteiger charge is 2.39. The smallest absolute Gasteiger partial charge is 0.202 e. The van der Waals surface area contributed by atoms with Gasteiger partial charge < -0.3 is 14.9 Å². The number of carbonyl (C=O) groups is 2. The van der Waals surface area contributed by atoms with Crippen LogP contribution in [0.3, 0.4) is 0 Å². The highest BCUT2D eigenvalue weighted by atomic mass is 16.5. The van der Waals surface area contributed by atoms with Crippen molar-refractivity contribution in [2.24, 2.45) is 0 Å². The Balaban J connectivity index is 2.10. The van der Waals surface area contributed by atoms with E-state index in [1.54, 1.807) is 18.2 Å². The number of aromatic hydroxyl groups is 2. The first-order chi connectivity index (χ1) is 11.6. The van der Waals surface area contributed by atoms with Crippen molar-refractivity contribution >= 4 is 17.6 Å². The molecule has 5 nitrogen and oxygen atoms in total. The summed E-state index contributed by atoms with van der Waals surface area (Å²) in [7, 11) is 1.41. The van der Waals surface area contributed by atoms with Gasteiger partial charge in [0.1, 0.15) is 17.2 Å². The molecule has 0 aromatic heterocycles. The third kappa shape index (κ3) is 1.69. The minimum absolute atomic E-state index is 0.124. The third-order valence-corrected chi connectivity index (χ3v) is 4.61. The summed E-state index contributed by atoms with van der Waals surface area (Å²) in [6.07, 6.45) is 4.73. The lowest BCUT2D eigenvalue weighted by molar-refractivity contribution is 0.0971. The molecule has 24 heavy (non-hydrogen) atoms. The molecule has 2 aliphatic rings. The molecule has 2 aliphatic carbocycles. The van der Waals surface area contributed by atoms with Crippen LogP contribution in [0.15, 0.2) is 24.3 Å². The van der Waals surface area contributed by atoms with Crippen molar-refractivity contribution in [3.05, 3.63) is 57.7 Å². The molecule has 0 bridgehead atoms. The zero-order chi connectivity index (χ0) is 17.0. The summed E-state index contributed by atoms with van der Waals surface area (Å²) in [5.74, 6) is -1.21.